The zero-order chi connectivity index (χ0) is 22.4. The molecule has 170 valence electrons. The topological polar surface area (TPSA) is 80.5 Å². The van der Waals surface area contributed by atoms with E-state index in [0.29, 0.717) is 5.92 Å². The van der Waals surface area contributed by atoms with Crippen LogP contribution in [0.4, 0.5) is 13.2 Å². The van der Waals surface area contributed by atoms with Gasteiger partial charge in [0.1, 0.15) is 0 Å². The lowest BCUT2D eigenvalue weighted by Gasteiger charge is -2.31. The van der Waals surface area contributed by atoms with Crippen molar-refractivity contribution in [2.75, 3.05) is 19.8 Å². The first-order valence-corrected chi connectivity index (χ1v) is 10.3. The van der Waals surface area contributed by atoms with E-state index in [2.05, 4.69) is 39.8 Å². The first-order chi connectivity index (χ1) is 14.8. The number of nitrogens with zero attached hydrogens (tertiary/aromatic N) is 4. The Morgan fingerprint density at radius 2 is 2.06 bits per heavy atom. The third-order valence-corrected chi connectivity index (χ3v) is 5.15. The second-order valence-electron chi connectivity index (χ2n) is 7.85. The van der Waals surface area contributed by atoms with Gasteiger partial charge in [0, 0.05) is 56.7 Å². The Morgan fingerprint density at radius 3 is 2.65 bits per heavy atom. The fourth-order valence-electron chi connectivity index (χ4n) is 3.54. The molecule has 1 aliphatic heterocycles. The predicted octanol–water partition coefficient (Wildman–Crippen LogP) is 3.46. The molecule has 2 aromatic rings. The molecule has 1 atom stereocenters. The normalized spacial score (nSPS) is 18.8. The van der Waals surface area contributed by atoms with Crippen LogP contribution in [0.1, 0.15) is 42.6 Å². The molecule has 4 rings (SSSR count). The molecule has 1 aliphatic carbocycles. The minimum absolute atomic E-state index is 0.359. The van der Waals surface area contributed by atoms with Gasteiger partial charge < -0.3 is 9.84 Å². The first kappa shape index (κ1) is 23.2. The zero-order valence-electron chi connectivity index (χ0n) is 17.4. The number of hydrogen-bond acceptors (Lipinski definition) is 5. The molecule has 3 heterocycles. The van der Waals surface area contributed by atoms with Gasteiger partial charge in [-0.25, -0.2) is 4.79 Å². The van der Waals surface area contributed by atoms with Crippen LogP contribution < -0.4 is 0 Å². The van der Waals surface area contributed by atoms with E-state index in [1.807, 2.05) is 12.3 Å². The molecule has 2 aromatic heterocycles. The van der Waals surface area contributed by atoms with E-state index in [1.54, 1.807) is 0 Å². The second-order valence-corrected chi connectivity index (χ2v) is 7.85. The van der Waals surface area contributed by atoms with Crippen LogP contribution in [-0.2, 0) is 29.2 Å². The molecule has 7 nitrogen and oxygen atoms in total. The molecule has 1 saturated carbocycles. The minimum Gasteiger partial charge on any atom is -0.475 e. The van der Waals surface area contributed by atoms with E-state index in [4.69, 9.17) is 19.7 Å². The molecule has 1 unspecified atom stereocenters. The molecule has 0 radical (unpaired) electrons. The Balaban J connectivity index is 0.000000339. The average molecular weight is 440 g/mol. The lowest BCUT2D eigenvalue weighted by molar-refractivity contribution is -0.192. The number of hydrogen-bond donors (Lipinski definition) is 1. The molecule has 0 spiro atoms. The zero-order valence-corrected chi connectivity index (χ0v) is 17.4. The Kier molecular flexibility index (Phi) is 7.66. The minimum atomic E-state index is -5.08. The molecule has 2 aliphatic rings. The maximum Gasteiger partial charge on any atom is 0.490 e. The number of aromatic nitrogens is 3. The lowest BCUT2D eigenvalue weighted by atomic mass is 9.97. The van der Waals surface area contributed by atoms with Crippen LogP contribution in [0.5, 0.6) is 0 Å². The van der Waals surface area contributed by atoms with Gasteiger partial charge in [0.2, 0.25) is 0 Å². The number of carboxylic acids is 1. The van der Waals surface area contributed by atoms with Crippen molar-refractivity contribution in [3.05, 3.63) is 47.5 Å². The Bertz CT molecular complexity index is 853. The Labute approximate surface area is 178 Å². The van der Waals surface area contributed by atoms with Gasteiger partial charge in [-0.2, -0.15) is 18.3 Å². The summed E-state index contributed by atoms with van der Waals surface area (Å²) in [4.78, 5) is 15.8. The third-order valence-electron chi connectivity index (χ3n) is 5.15. The summed E-state index contributed by atoms with van der Waals surface area (Å²) in [6, 6.07) is 6.13. The van der Waals surface area contributed by atoms with Crippen LogP contribution in [0.25, 0.3) is 0 Å². The van der Waals surface area contributed by atoms with Crippen molar-refractivity contribution in [2.24, 2.45) is 5.92 Å². The van der Waals surface area contributed by atoms with Gasteiger partial charge in [0.15, 0.2) is 0 Å². The lowest BCUT2D eigenvalue weighted by Crippen LogP contribution is -2.35. The van der Waals surface area contributed by atoms with Crippen LogP contribution >= 0.6 is 0 Å². The molecular formula is C21H27F3N4O3. The number of fused-ring (bicyclic) bond motifs is 1. The van der Waals surface area contributed by atoms with E-state index in [1.165, 1.54) is 24.1 Å². The number of carbonyl (C=O) groups is 1. The molecule has 0 bridgehead atoms. The molecule has 31 heavy (non-hydrogen) atoms. The molecule has 1 fully saturated rings. The summed E-state index contributed by atoms with van der Waals surface area (Å²) >= 11 is 0. The summed E-state index contributed by atoms with van der Waals surface area (Å²) in [5, 5.41) is 12.0. The summed E-state index contributed by atoms with van der Waals surface area (Å²) in [6.07, 6.45) is 1.77. The van der Waals surface area contributed by atoms with Crippen molar-refractivity contribution in [2.45, 2.75) is 51.5 Å². The number of alkyl halides is 3. The summed E-state index contributed by atoms with van der Waals surface area (Å²) < 4.78 is 39.6. The molecule has 0 aromatic carbocycles. The van der Waals surface area contributed by atoms with Crippen molar-refractivity contribution in [3.8, 4) is 0 Å². The standard InChI is InChI=1S/C19H26N4O.C2HF3O2/c1-2-24-14-17-11-22(13-18-5-3-4-8-20-18)10-16-12-23(21-19(16)17)9-15-6-7-15;3-2(4,5)1(6)7/h3-5,8,12,15,17H,2,6-7,9-11,13-14H2,1H3;(H,6,7). The molecule has 1 N–H and O–H groups in total. The Hall–Kier alpha value is -2.46. The van der Waals surface area contributed by atoms with E-state index in [-0.39, 0.29) is 0 Å². The average Bonchev–Trinajstić information content (AvgIpc) is 3.43. The highest BCUT2D eigenvalue weighted by Gasteiger charge is 2.38. The molecular weight excluding hydrogens is 413 g/mol. The summed E-state index contributed by atoms with van der Waals surface area (Å²) in [5.41, 5.74) is 3.74. The van der Waals surface area contributed by atoms with Gasteiger partial charge in [-0.15, -0.1) is 0 Å². The molecule has 0 amide bonds. The van der Waals surface area contributed by atoms with Gasteiger partial charge in [-0.1, -0.05) is 6.07 Å². The summed E-state index contributed by atoms with van der Waals surface area (Å²) in [7, 11) is 0. The number of ether oxygens (including phenoxy) is 1. The fraction of sp³-hybridized carbons (Fsp3) is 0.571. The predicted molar refractivity (Wildman–Crippen MR) is 106 cm³/mol. The van der Waals surface area contributed by atoms with Crippen LogP contribution in [-0.4, -0.2) is 56.7 Å². The SMILES string of the molecule is CCOCC1CN(Cc2ccccn2)Cc2cn(CC3CC3)nc21.O=C(O)C(F)(F)F. The number of rotatable bonds is 7. The first-order valence-electron chi connectivity index (χ1n) is 10.3. The van der Waals surface area contributed by atoms with E-state index >= 15 is 0 Å². The summed E-state index contributed by atoms with van der Waals surface area (Å²) in [6.45, 7) is 7.48. The van der Waals surface area contributed by atoms with Crippen LogP contribution in [0.3, 0.4) is 0 Å². The van der Waals surface area contributed by atoms with Crippen molar-refractivity contribution < 1.29 is 27.8 Å². The smallest absolute Gasteiger partial charge is 0.475 e. The highest BCUT2D eigenvalue weighted by atomic mass is 19.4. The van der Waals surface area contributed by atoms with Crippen LogP contribution in [0, 0.1) is 5.92 Å². The quantitative estimate of drug-likeness (QED) is 0.710. The number of carboxylic acid groups (broad SMARTS) is 1. The third kappa shape index (κ3) is 7.03. The Morgan fingerprint density at radius 1 is 1.32 bits per heavy atom. The van der Waals surface area contributed by atoms with Crippen molar-refractivity contribution >= 4 is 5.97 Å². The second kappa shape index (κ2) is 10.2. The number of halogens is 3. The highest BCUT2D eigenvalue weighted by Crippen LogP contribution is 2.33. The van der Waals surface area contributed by atoms with Crippen LogP contribution in [0.15, 0.2) is 30.6 Å². The highest BCUT2D eigenvalue weighted by molar-refractivity contribution is 5.73. The largest absolute Gasteiger partial charge is 0.490 e. The van der Waals surface area contributed by atoms with Crippen molar-refractivity contribution in [1.82, 2.24) is 19.7 Å². The summed E-state index contributed by atoms with van der Waals surface area (Å²) in [5.74, 6) is -1.55. The maximum atomic E-state index is 10.6. The van der Waals surface area contributed by atoms with Crippen LogP contribution in [0.2, 0.25) is 0 Å². The van der Waals surface area contributed by atoms with E-state index < -0.39 is 12.1 Å². The van der Waals surface area contributed by atoms with Crippen molar-refractivity contribution in [1.29, 1.82) is 0 Å². The van der Waals surface area contributed by atoms with Gasteiger partial charge in [0.05, 0.1) is 18.0 Å². The fourth-order valence-corrected chi connectivity index (χ4v) is 3.54. The number of aliphatic carboxylic acids is 1. The van der Waals surface area contributed by atoms with Gasteiger partial charge >= 0.3 is 12.1 Å². The monoisotopic (exact) mass is 440 g/mol. The van der Waals surface area contributed by atoms with Crippen molar-refractivity contribution in [3.63, 3.8) is 0 Å². The maximum absolute atomic E-state index is 10.6. The van der Waals surface area contributed by atoms with E-state index in [9.17, 15) is 13.2 Å². The number of pyridine rings is 1. The molecule has 0 saturated heterocycles. The molecule has 10 heteroatoms. The van der Waals surface area contributed by atoms with E-state index in [0.717, 1.165) is 51.0 Å². The van der Waals surface area contributed by atoms with Gasteiger partial charge in [-0.3, -0.25) is 14.6 Å². The van der Waals surface area contributed by atoms with Gasteiger partial charge in [-0.05, 0) is 37.8 Å². The van der Waals surface area contributed by atoms with Gasteiger partial charge in [0.25, 0.3) is 0 Å².